The maximum Gasteiger partial charge on any atom is 0.177 e. The lowest BCUT2D eigenvalue weighted by Crippen LogP contribution is -2.38. The molecular formula is C31H32Cl3N5O. The summed E-state index contributed by atoms with van der Waals surface area (Å²) in [7, 11) is 0. The monoisotopic (exact) mass is 595 g/mol. The van der Waals surface area contributed by atoms with Crippen LogP contribution in [-0.4, -0.2) is 20.2 Å². The van der Waals surface area contributed by atoms with Crippen LogP contribution >= 0.6 is 34.8 Å². The van der Waals surface area contributed by atoms with E-state index in [-0.39, 0.29) is 11.5 Å². The highest BCUT2D eigenvalue weighted by Crippen LogP contribution is 2.43. The van der Waals surface area contributed by atoms with E-state index in [0.717, 1.165) is 54.3 Å². The maximum absolute atomic E-state index is 6.46. The van der Waals surface area contributed by atoms with E-state index in [2.05, 4.69) is 47.7 Å². The molecule has 1 fully saturated rings. The van der Waals surface area contributed by atoms with E-state index in [4.69, 9.17) is 39.5 Å². The van der Waals surface area contributed by atoms with Crippen LogP contribution in [0.15, 0.2) is 72.8 Å². The van der Waals surface area contributed by atoms with Crippen molar-refractivity contribution < 1.29 is 4.74 Å². The van der Waals surface area contributed by atoms with Gasteiger partial charge in [-0.25, -0.2) is 4.68 Å². The number of nitrogens with one attached hydrogen (secondary N) is 1. The molecule has 1 atom stereocenters. The Bertz CT molecular complexity index is 1470. The van der Waals surface area contributed by atoms with Crippen molar-refractivity contribution in [1.29, 1.82) is 0 Å². The average molecular weight is 597 g/mol. The Hall–Kier alpha value is -3.06. The zero-order valence-corrected chi connectivity index (χ0v) is 25.0. The first-order valence-corrected chi connectivity index (χ1v) is 14.5. The molecule has 1 aromatic heterocycles. The van der Waals surface area contributed by atoms with Crippen LogP contribution < -0.4 is 10.1 Å². The van der Waals surface area contributed by atoms with E-state index in [0.29, 0.717) is 15.1 Å². The van der Waals surface area contributed by atoms with E-state index in [9.17, 15) is 0 Å². The molecule has 40 heavy (non-hydrogen) atoms. The number of aromatic nitrogens is 4. The number of anilines is 1. The molecule has 1 aliphatic carbocycles. The van der Waals surface area contributed by atoms with Gasteiger partial charge in [0.25, 0.3) is 0 Å². The van der Waals surface area contributed by atoms with Crippen molar-refractivity contribution >= 4 is 46.6 Å². The molecule has 1 unspecified atom stereocenters. The number of benzene rings is 3. The van der Waals surface area contributed by atoms with Crippen LogP contribution in [0, 0.1) is 5.41 Å². The van der Waals surface area contributed by atoms with Gasteiger partial charge in [-0.05, 0) is 94.9 Å². The first-order chi connectivity index (χ1) is 19.1. The largest absolute Gasteiger partial charge is 0.457 e. The Morgan fingerprint density at radius 3 is 2.15 bits per heavy atom. The number of rotatable bonds is 8. The summed E-state index contributed by atoms with van der Waals surface area (Å²) in [6, 6.07) is 20.7. The lowest BCUT2D eigenvalue weighted by atomic mass is 9.85. The van der Waals surface area contributed by atoms with Gasteiger partial charge in [0.2, 0.25) is 0 Å². The van der Waals surface area contributed by atoms with Gasteiger partial charge in [0.05, 0.1) is 11.6 Å². The van der Waals surface area contributed by atoms with E-state index < -0.39 is 5.54 Å². The highest BCUT2D eigenvalue weighted by Gasteiger charge is 2.42. The summed E-state index contributed by atoms with van der Waals surface area (Å²) in [5, 5.41) is 18.9. The molecule has 6 nitrogen and oxygen atoms in total. The highest BCUT2D eigenvalue weighted by molar-refractivity contribution is 6.35. The third kappa shape index (κ3) is 6.46. The van der Waals surface area contributed by atoms with Gasteiger partial charge in [-0.1, -0.05) is 86.6 Å². The van der Waals surface area contributed by atoms with Gasteiger partial charge in [-0.2, -0.15) is 0 Å². The highest BCUT2D eigenvalue weighted by atomic mass is 35.5. The molecule has 208 valence electrons. The lowest BCUT2D eigenvalue weighted by Gasteiger charge is -2.35. The van der Waals surface area contributed by atoms with Gasteiger partial charge in [-0.15, -0.1) is 5.10 Å². The Kier molecular flexibility index (Phi) is 8.41. The van der Waals surface area contributed by atoms with Crippen LogP contribution in [0.5, 0.6) is 11.5 Å². The fourth-order valence-corrected chi connectivity index (χ4v) is 5.77. The molecule has 0 amide bonds. The van der Waals surface area contributed by atoms with Gasteiger partial charge >= 0.3 is 0 Å². The second kappa shape index (κ2) is 11.8. The van der Waals surface area contributed by atoms with Crippen LogP contribution in [-0.2, 0) is 5.54 Å². The first kappa shape index (κ1) is 28.5. The number of hydrogen-bond acceptors (Lipinski definition) is 5. The van der Waals surface area contributed by atoms with E-state index >= 15 is 0 Å². The SMILES string of the molecule is CC(C)(C)C(C=Cc1ccc(Cl)cc1Cl)n1nnnc1C1(Nc2ccc(Oc3ccc(Cl)cc3)cc2)CCCC1. The van der Waals surface area contributed by atoms with Crippen molar-refractivity contribution in [3.8, 4) is 11.5 Å². The van der Waals surface area contributed by atoms with Gasteiger partial charge < -0.3 is 10.1 Å². The number of hydrogen-bond donors (Lipinski definition) is 1. The topological polar surface area (TPSA) is 64.9 Å². The minimum atomic E-state index is -0.392. The van der Waals surface area contributed by atoms with Crippen molar-refractivity contribution in [2.45, 2.75) is 58.0 Å². The molecule has 0 aliphatic heterocycles. The van der Waals surface area contributed by atoms with Crippen LogP contribution in [0.2, 0.25) is 15.1 Å². The fourth-order valence-electron chi connectivity index (χ4n) is 5.17. The Morgan fingerprint density at radius 2 is 1.52 bits per heavy atom. The van der Waals surface area contributed by atoms with Crippen molar-refractivity contribution in [2.24, 2.45) is 5.41 Å². The molecule has 9 heteroatoms. The number of halogens is 3. The van der Waals surface area contributed by atoms with Crippen LogP contribution in [0.3, 0.4) is 0 Å². The molecule has 4 aromatic rings. The number of tetrazole rings is 1. The maximum atomic E-state index is 6.46. The number of ether oxygens (including phenoxy) is 1. The van der Waals surface area contributed by atoms with E-state index in [1.807, 2.05) is 71.4 Å². The standard InChI is InChI=1S/C31H32Cl3N5O/c1-30(2,3)28(17-7-21-6-8-23(33)20-27(21)34)39-29(36-37-38-39)31(18-4-5-19-31)35-24-11-15-26(16-12-24)40-25-13-9-22(32)10-14-25/h6-17,20,28,35H,4-5,18-19H2,1-3H3. The predicted octanol–water partition coefficient (Wildman–Crippen LogP) is 9.61. The van der Waals surface area contributed by atoms with Crippen molar-refractivity contribution in [3.05, 3.63) is 99.3 Å². The van der Waals surface area contributed by atoms with Crippen molar-refractivity contribution in [3.63, 3.8) is 0 Å². The van der Waals surface area contributed by atoms with Crippen LogP contribution in [0.25, 0.3) is 6.08 Å². The summed E-state index contributed by atoms with van der Waals surface area (Å²) >= 11 is 18.5. The van der Waals surface area contributed by atoms with Gasteiger partial charge in [0.15, 0.2) is 5.82 Å². The minimum absolute atomic E-state index is 0.112. The molecule has 0 spiro atoms. The summed E-state index contributed by atoms with van der Waals surface area (Å²) in [6.45, 7) is 6.56. The van der Waals surface area contributed by atoms with Crippen molar-refractivity contribution in [2.75, 3.05) is 5.32 Å². The molecule has 1 saturated carbocycles. The Labute approximate surface area is 250 Å². The summed E-state index contributed by atoms with van der Waals surface area (Å²) in [6.07, 6.45) is 8.19. The van der Waals surface area contributed by atoms with Gasteiger partial charge in [0.1, 0.15) is 11.5 Å². The van der Waals surface area contributed by atoms with Crippen LogP contribution in [0.4, 0.5) is 5.69 Å². The third-order valence-electron chi connectivity index (χ3n) is 7.24. The molecular weight excluding hydrogens is 565 g/mol. The Balaban J connectivity index is 1.42. The molecule has 3 aromatic carbocycles. The molecule has 1 N–H and O–H groups in total. The number of allylic oxidation sites excluding steroid dienone is 1. The summed E-state index contributed by atoms with van der Waals surface area (Å²) in [5.74, 6) is 2.31. The molecule has 0 radical (unpaired) electrons. The predicted molar refractivity (Wildman–Crippen MR) is 164 cm³/mol. The molecule has 0 saturated heterocycles. The summed E-state index contributed by atoms with van der Waals surface area (Å²) in [5.41, 5.74) is 1.32. The molecule has 1 heterocycles. The number of nitrogens with zero attached hydrogens (tertiary/aromatic N) is 4. The summed E-state index contributed by atoms with van der Waals surface area (Å²) in [4.78, 5) is 0. The smallest absolute Gasteiger partial charge is 0.177 e. The van der Waals surface area contributed by atoms with E-state index in [1.54, 1.807) is 6.07 Å². The normalized spacial score (nSPS) is 15.8. The first-order valence-electron chi connectivity index (χ1n) is 13.4. The van der Waals surface area contributed by atoms with Gasteiger partial charge in [-0.3, -0.25) is 0 Å². The zero-order valence-electron chi connectivity index (χ0n) is 22.7. The van der Waals surface area contributed by atoms with Crippen LogP contribution in [0.1, 0.15) is 63.9 Å². The fraction of sp³-hybridized carbons (Fsp3) is 0.323. The zero-order chi connectivity index (χ0) is 28.3. The summed E-state index contributed by atoms with van der Waals surface area (Å²) < 4.78 is 7.94. The lowest BCUT2D eigenvalue weighted by molar-refractivity contribution is 0.254. The second-order valence-corrected chi connectivity index (χ2v) is 12.6. The molecule has 1 aliphatic rings. The Morgan fingerprint density at radius 1 is 0.900 bits per heavy atom. The minimum Gasteiger partial charge on any atom is -0.457 e. The molecule has 5 rings (SSSR count). The average Bonchev–Trinajstić information content (AvgIpc) is 3.58. The van der Waals surface area contributed by atoms with Crippen molar-refractivity contribution in [1.82, 2.24) is 20.2 Å². The molecule has 0 bridgehead atoms. The van der Waals surface area contributed by atoms with Gasteiger partial charge in [0, 0.05) is 20.8 Å². The second-order valence-electron chi connectivity index (χ2n) is 11.3. The quantitative estimate of drug-likeness (QED) is 0.219. The van der Waals surface area contributed by atoms with E-state index in [1.165, 1.54) is 0 Å². The third-order valence-corrected chi connectivity index (χ3v) is 8.05.